The van der Waals surface area contributed by atoms with Crippen LogP contribution in [0.2, 0.25) is 0 Å². The van der Waals surface area contributed by atoms with Gasteiger partial charge in [0.15, 0.2) is 0 Å². The summed E-state index contributed by atoms with van der Waals surface area (Å²) in [5, 5.41) is 3.41. The zero-order valence-electron chi connectivity index (χ0n) is 11.9. The van der Waals surface area contributed by atoms with E-state index in [9.17, 15) is 4.79 Å². The van der Waals surface area contributed by atoms with Gasteiger partial charge in [-0.25, -0.2) is 0 Å². The van der Waals surface area contributed by atoms with Crippen molar-refractivity contribution in [2.75, 3.05) is 23.3 Å². The summed E-state index contributed by atoms with van der Waals surface area (Å²) in [5.41, 5.74) is 3.46. The van der Waals surface area contributed by atoms with Crippen LogP contribution in [-0.4, -0.2) is 19.0 Å². The number of nitrogens with one attached hydrogen (secondary N) is 1. The number of amides is 1. The first-order chi connectivity index (χ1) is 10.3. The summed E-state index contributed by atoms with van der Waals surface area (Å²) in [6.07, 6.45) is 4.50. The highest BCUT2D eigenvalue weighted by Crippen LogP contribution is 2.34. The Kier molecular flexibility index (Phi) is 3.19. The maximum absolute atomic E-state index is 12.9. The number of thiophene rings is 1. The summed E-state index contributed by atoms with van der Waals surface area (Å²) in [6, 6.07) is 10.2. The standard InChI is InChI=1S/C17H18N2OS/c20-17(16-11-12-5-3-8-15(12)21-16)19-10-4-9-18-13-6-1-2-7-14(13)19/h1-2,6-7,11,18H,3-5,8-10H2. The SMILES string of the molecule is O=C(c1cc2c(s1)CCC2)N1CCCNc2ccccc21. The molecule has 1 aromatic carbocycles. The Morgan fingerprint density at radius 1 is 1.19 bits per heavy atom. The number of carbonyl (C=O) groups is 1. The molecular weight excluding hydrogens is 280 g/mol. The number of fused-ring (bicyclic) bond motifs is 2. The van der Waals surface area contributed by atoms with Gasteiger partial charge >= 0.3 is 0 Å². The van der Waals surface area contributed by atoms with Gasteiger partial charge < -0.3 is 10.2 Å². The van der Waals surface area contributed by atoms with Crippen LogP contribution in [0.1, 0.15) is 33.0 Å². The Morgan fingerprint density at radius 2 is 2.10 bits per heavy atom. The lowest BCUT2D eigenvalue weighted by molar-refractivity contribution is 0.0991. The second-order valence-corrected chi connectivity index (χ2v) is 6.80. The van der Waals surface area contributed by atoms with Crippen molar-refractivity contribution in [3.05, 3.63) is 45.6 Å². The van der Waals surface area contributed by atoms with E-state index in [1.54, 1.807) is 11.3 Å². The second kappa shape index (κ2) is 5.19. The summed E-state index contributed by atoms with van der Waals surface area (Å²) < 4.78 is 0. The molecular formula is C17H18N2OS. The molecule has 108 valence electrons. The lowest BCUT2D eigenvalue weighted by Crippen LogP contribution is -2.30. The molecule has 21 heavy (non-hydrogen) atoms. The van der Waals surface area contributed by atoms with Crippen LogP contribution >= 0.6 is 11.3 Å². The molecule has 1 aromatic heterocycles. The van der Waals surface area contributed by atoms with Gasteiger partial charge in [0.1, 0.15) is 0 Å². The summed E-state index contributed by atoms with van der Waals surface area (Å²) in [5.74, 6) is 0.158. The van der Waals surface area contributed by atoms with E-state index >= 15 is 0 Å². The molecule has 0 radical (unpaired) electrons. The molecule has 1 amide bonds. The molecule has 0 saturated heterocycles. The summed E-state index contributed by atoms with van der Waals surface area (Å²) in [7, 11) is 0. The molecule has 4 rings (SSSR count). The van der Waals surface area contributed by atoms with Crippen molar-refractivity contribution < 1.29 is 4.79 Å². The average molecular weight is 298 g/mol. The van der Waals surface area contributed by atoms with Gasteiger partial charge in [-0.1, -0.05) is 12.1 Å². The second-order valence-electron chi connectivity index (χ2n) is 5.67. The van der Waals surface area contributed by atoms with Crippen molar-refractivity contribution in [3.63, 3.8) is 0 Å². The van der Waals surface area contributed by atoms with Gasteiger partial charge in [0.25, 0.3) is 5.91 Å². The van der Waals surface area contributed by atoms with Crippen molar-refractivity contribution in [2.45, 2.75) is 25.7 Å². The largest absolute Gasteiger partial charge is 0.383 e. The van der Waals surface area contributed by atoms with Crippen LogP contribution in [0.3, 0.4) is 0 Å². The molecule has 1 aliphatic carbocycles. The summed E-state index contributed by atoms with van der Waals surface area (Å²) >= 11 is 1.69. The smallest absolute Gasteiger partial charge is 0.268 e. The fraction of sp³-hybridized carbons (Fsp3) is 0.353. The van der Waals surface area contributed by atoms with Crippen molar-refractivity contribution in [1.29, 1.82) is 0 Å². The fourth-order valence-corrected chi connectivity index (χ4v) is 4.42. The van der Waals surface area contributed by atoms with E-state index in [4.69, 9.17) is 0 Å². The zero-order valence-corrected chi connectivity index (χ0v) is 12.7. The minimum absolute atomic E-state index is 0.158. The Morgan fingerprint density at radius 3 is 3.00 bits per heavy atom. The van der Waals surface area contributed by atoms with Gasteiger partial charge in [0.05, 0.1) is 16.3 Å². The predicted molar refractivity (Wildman–Crippen MR) is 87.6 cm³/mol. The van der Waals surface area contributed by atoms with E-state index in [0.717, 1.165) is 48.6 Å². The third-order valence-corrected chi connectivity index (χ3v) is 5.50. The maximum atomic E-state index is 12.9. The topological polar surface area (TPSA) is 32.3 Å². The molecule has 2 heterocycles. The Hall–Kier alpha value is -1.81. The molecule has 0 unspecified atom stereocenters. The highest BCUT2D eigenvalue weighted by molar-refractivity contribution is 7.14. The lowest BCUT2D eigenvalue weighted by Gasteiger charge is -2.21. The van der Waals surface area contributed by atoms with Crippen LogP contribution in [0, 0.1) is 0 Å². The van der Waals surface area contributed by atoms with E-state index in [1.807, 2.05) is 23.1 Å². The fourth-order valence-electron chi connectivity index (χ4n) is 3.22. The quantitative estimate of drug-likeness (QED) is 0.870. The van der Waals surface area contributed by atoms with Crippen molar-refractivity contribution >= 4 is 28.6 Å². The van der Waals surface area contributed by atoms with E-state index in [1.165, 1.54) is 16.9 Å². The normalized spacial score (nSPS) is 16.9. The Labute approximate surface area is 128 Å². The van der Waals surface area contributed by atoms with Crippen LogP contribution in [0.5, 0.6) is 0 Å². The number of carbonyl (C=O) groups excluding carboxylic acids is 1. The number of benzene rings is 1. The van der Waals surface area contributed by atoms with Gasteiger partial charge in [-0.2, -0.15) is 0 Å². The number of aryl methyl sites for hydroxylation is 2. The number of anilines is 2. The average Bonchev–Trinajstić information content (AvgIpc) is 3.02. The monoisotopic (exact) mass is 298 g/mol. The third-order valence-electron chi connectivity index (χ3n) is 4.27. The van der Waals surface area contributed by atoms with E-state index < -0.39 is 0 Å². The van der Waals surface area contributed by atoms with Gasteiger partial charge in [0, 0.05) is 18.0 Å². The van der Waals surface area contributed by atoms with Crippen LogP contribution in [0.15, 0.2) is 30.3 Å². The minimum Gasteiger partial charge on any atom is -0.383 e. The van der Waals surface area contributed by atoms with Crippen LogP contribution < -0.4 is 10.2 Å². The summed E-state index contributed by atoms with van der Waals surface area (Å²) in [6.45, 7) is 1.70. The van der Waals surface area contributed by atoms with Gasteiger partial charge in [-0.05, 0) is 49.4 Å². The highest BCUT2D eigenvalue weighted by Gasteiger charge is 2.25. The predicted octanol–water partition coefficient (Wildman–Crippen LogP) is 3.70. The number of hydrogen-bond donors (Lipinski definition) is 1. The minimum atomic E-state index is 0.158. The molecule has 0 spiro atoms. The van der Waals surface area contributed by atoms with Gasteiger partial charge in [-0.15, -0.1) is 11.3 Å². The first-order valence-corrected chi connectivity index (χ1v) is 8.41. The van der Waals surface area contributed by atoms with Gasteiger partial charge in [0.2, 0.25) is 0 Å². The molecule has 0 saturated carbocycles. The van der Waals surface area contributed by atoms with Crippen molar-refractivity contribution in [3.8, 4) is 0 Å². The molecule has 3 nitrogen and oxygen atoms in total. The molecule has 0 atom stereocenters. The van der Waals surface area contributed by atoms with Crippen LogP contribution in [0.25, 0.3) is 0 Å². The summed E-state index contributed by atoms with van der Waals surface area (Å²) in [4.78, 5) is 17.2. The first-order valence-electron chi connectivity index (χ1n) is 7.59. The molecule has 2 aromatic rings. The lowest BCUT2D eigenvalue weighted by atomic mass is 10.2. The number of para-hydroxylation sites is 2. The van der Waals surface area contributed by atoms with E-state index in [-0.39, 0.29) is 5.91 Å². The van der Waals surface area contributed by atoms with E-state index in [2.05, 4.69) is 17.4 Å². The van der Waals surface area contributed by atoms with E-state index in [0.29, 0.717) is 0 Å². The molecule has 4 heteroatoms. The maximum Gasteiger partial charge on any atom is 0.268 e. The number of nitrogens with zero attached hydrogens (tertiary/aromatic N) is 1. The Bertz CT molecular complexity index is 670. The first kappa shape index (κ1) is 12.9. The van der Waals surface area contributed by atoms with Crippen LogP contribution in [0.4, 0.5) is 11.4 Å². The highest BCUT2D eigenvalue weighted by atomic mass is 32.1. The third kappa shape index (κ3) is 2.23. The van der Waals surface area contributed by atoms with Crippen LogP contribution in [-0.2, 0) is 12.8 Å². The number of hydrogen-bond acceptors (Lipinski definition) is 3. The number of rotatable bonds is 1. The molecule has 0 bridgehead atoms. The molecule has 1 N–H and O–H groups in total. The zero-order chi connectivity index (χ0) is 14.2. The van der Waals surface area contributed by atoms with Gasteiger partial charge in [-0.3, -0.25) is 4.79 Å². The molecule has 2 aliphatic rings. The van der Waals surface area contributed by atoms with Crippen molar-refractivity contribution in [2.24, 2.45) is 0 Å². The molecule has 1 aliphatic heterocycles. The van der Waals surface area contributed by atoms with Crippen molar-refractivity contribution in [1.82, 2.24) is 0 Å². The molecule has 0 fully saturated rings. The Balaban J connectivity index is 1.70.